The molecule has 0 spiro atoms. The van der Waals surface area contributed by atoms with Crippen LogP contribution in [-0.4, -0.2) is 14.8 Å². The maximum absolute atomic E-state index is 5.74. The van der Waals surface area contributed by atoms with Crippen LogP contribution in [0.15, 0.2) is 24.5 Å². The Labute approximate surface area is 101 Å². The number of aryl methyl sites for hydroxylation is 2. The Bertz CT molecular complexity index is 502. The second-order valence-electron chi connectivity index (χ2n) is 3.95. The lowest BCUT2D eigenvalue weighted by molar-refractivity contribution is 0.780. The van der Waals surface area contributed by atoms with Crippen LogP contribution in [0, 0.1) is 0 Å². The number of pyridine rings is 1. The van der Waals surface area contributed by atoms with E-state index in [0.717, 1.165) is 29.8 Å². The van der Waals surface area contributed by atoms with Gasteiger partial charge in [-0.2, -0.15) is 5.10 Å². The molecule has 17 heavy (non-hydrogen) atoms. The predicted molar refractivity (Wildman–Crippen MR) is 68.0 cm³/mol. The van der Waals surface area contributed by atoms with E-state index in [1.807, 2.05) is 16.9 Å². The Morgan fingerprint density at radius 3 is 2.76 bits per heavy atom. The summed E-state index contributed by atoms with van der Waals surface area (Å²) in [5.41, 5.74) is 10.1. The van der Waals surface area contributed by atoms with Crippen molar-refractivity contribution >= 4 is 0 Å². The van der Waals surface area contributed by atoms with Crippen molar-refractivity contribution in [2.75, 3.05) is 0 Å². The fourth-order valence-electron chi connectivity index (χ4n) is 1.89. The monoisotopic (exact) mass is 230 g/mol. The Kier molecular flexibility index (Phi) is 3.54. The molecule has 0 saturated heterocycles. The third-order valence-corrected chi connectivity index (χ3v) is 2.88. The highest BCUT2D eigenvalue weighted by atomic mass is 15.3. The number of rotatable bonds is 4. The van der Waals surface area contributed by atoms with Gasteiger partial charge in [0.15, 0.2) is 0 Å². The minimum absolute atomic E-state index is 0.480. The van der Waals surface area contributed by atoms with E-state index in [1.165, 1.54) is 5.69 Å². The maximum Gasteiger partial charge on any atom is 0.0724 e. The van der Waals surface area contributed by atoms with Crippen molar-refractivity contribution in [3.8, 4) is 5.69 Å². The number of hydrogen-bond donors (Lipinski definition) is 1. The van der Waals surface area contributed by atoms with Gasteiger partial charge in [0, 0.05) is 30.2 Å². The molecule has 2 aromatic heterocycles. The first-order valence-corrected chi connectivity index (χ1v) is 6.01. The SMILES string of the molecule is CCc1cc(CC)n(-c2ccncc2CN)n1. The zero-order chi connectivity index (χ0) is 12.3. The molecule has 0 aromatic carbocycles. The van der Waals surface area contributed by atoms with Crippen molar-refractivity contribution in [3.63, 3.8) is 0 Å². The quantitative estimate of drug-likeness (QED) is 0.872. The molecule has 2 heterocycles. The summed E-state index contributed by atoms with van der Waals surface area (Å²) < 4.78 is 1.99. The van der Waals surface area contributed by atoms with Crippen LogP contribution in [0.5, 0.6) is 0 Å². The van der Waals surface area contributed by atoms with Gasteiger partial charge >= 0.3 is 0 Å². The topological polar surface area (TPSA) is 56.7 Å². The van der Waals surface area contributed by atoms with Crippen molar-refractivity contribution in [2.45, 2.75) is 33.2 Å². The first kappa shape index (κ1) is 11.8. The smallest absolute Gasteiger partial charge is 0.0724 e. The highest BCUT2D eigenvalue weighted by Crippen LogP contribution is 2.16. The second-order valence-corrected chi connectivity index (χ2v) is 3.95. The highest BCUT2D eigenvalue weighted by Gasteiger charge is 2.10. The van der Waals surface area contributed by atoms with E-state index in [1.54, 1.807) is 6.20 Å². The van der Waals surface area contributed by atoms with E-state index in [2.05, 4.69) is 30.0 Å². The van der Waals surface area contributed by atoms with Gasteiger partial charge in [0.05, 0.1) is 11.4 Å². The third kappa shape index (κ3) is 2.22. The average molecular weight is 230 g/mol. The van der Waals surface area contributed by atoms with Gasteiger partial charge in [-0.25, -0.2) is 4.68 Å². The van der Waals surface area contributed by atoms with Crippen LogP contribution in [0.3, 0.4) is 0 Å². The molecular weight excluding hydrogens is 212 g/mol. The van der Waals surface area contributed by atoms with E-state index in [4.69, 9.17) is 5.73 Å². The number of hydrogen-bond acceptors (Lipinski definition) is 3. The molecule has 4 heteroatoms. The largest absolute Gasteiger partial charge is 0.326 e. The van der Waals surface area contributed by atoms with Crippen LogP contribution in [0.25, 0.3) is 5.69 Å². The summed E-state index contributed by atoms with van der Waals surface area (Å²) in [5, 5.41) is 4.61. The van der Waals surface area contributed by atoms with Gasteiger partial charge in [0.2, 0.25) is 0 Å². The molecule has 0 fully saturated rings. The first-order chi connectivity index (χ1) is 8.30. The summed E-state index contributed by atoms with van der Waals surface area (Å²) in [6.07, 6.45) is 5.49. The fourth-order valence-corrected chi connectivity index (χ4v) is 1.89. The van der Waals surface area contributed by atoms with E-state index < -0.39 is 0 Å². The number of aromatic nitrogens is 3. The molecule has 90 valence electrons. The van der Waals surface area contributed by atoms with E-state index >= 15 is 0 Å². The predicted octanol–water partition coefficient (Wildman–Crippen LogP) is 1.85. The molecule has 0 amide bonds. The molecule has 4 nitrogen and oxygen atoms in total. The van der Waals surface area contributed by atoms with E-state index in [-0.39, 0.29) is 0 Å². The molecular formula is C13H18N4. The van der Waals surface area contributed by atoms with E-state index in [9.17, 15) is 0 Å². The van der Waals surface area contributed by atoms with Crippen molar-refractivity contribution < 1.29 is 0 Å². The summed E-state index contributed by atoms with van der Waals surface area (Å²) in [6, 6.07) is 4.12. The minimum atomic E-state index is 0.480. The molecule has 2 N–H and O–H groups in total. The highest BCUT2D eigenvalue weighted by molar-refractivity contribution is 5.40. The summed E-state index contributed by atoms with van der Waals surface area (Å²) in [5.74, 6) is 0. The lowest BCUT2D eigenvalue weighted by Gasteiger charge is -2.09. The van der Waals surface area contributed by atoms with Gasteiger partial charge < -0.3 is 5.73 Å². The molecule has 2 rings (SSSR count). The zero-order valence-corrected chi connectivity index (χ0v) is 10.3. The van der Waals surface area contributed by atoms with Crippen LogP contribution >= 0.6 is 0 Å². The van der Waals surface area contributed by atoms with Crippen LogP contribution < -0.4 is 5.73 Å². The van der Waals surface area contributed by atoms with Crippen LogP contribution in [0.2, 0.25) is 0 Å². The second kappa shape index (κ2) is 5.10. The molecule has 0 aliphatic carbocycles. The lowest BCUT2D eigenvalue weighted by atomic mass is 10.2. The maximum atomic E-state index is 5.74. The van der Waals surface area contributed by atoms with Crippen molar-refractivity contribution in [1.29, 1.82) is 0 Å². The van der Waals surface area contributed by atoms with Crippen LogP contribution in [0.1, 0.15) is 30.8 Å². The average Bonchev–Trinajstić information content (AvgIpc) is 2.81. The van der Waals surface area contributed by atoms with Crippen molar-refractivity contribution in [3.05, 3.63) is 41.5 Å². The fraction of sp³-hybridized carbons (Fsp3) is 0.385. The van der Waals surface area contributed by atoms with Crippen LogP contribution in [0.4, 0.5) is 0 Å². The van der Waals surface area contributed by atoms with Crippen molar-refractivity contribution in [2.24, 2.45) is 5.73 Å². The summed E-state index contributed by atoms with van der Waals surface area (Å²) >= 11 is 0. The van der Waals surface area contributed by atoms with Gasteiger partial charge in [-0.15, -0.1) is 0 Å². The summed E-state index contributed by atoms with van der Waals surface area (Å²) in [6.45, 7) is 4.73. The molecule has 0 bridgehead atoms. The van der Waals surface area contributed by atoms with Crippen molar-refractivity contribution in [1.82, 2.24) is 14.8 Å². The standard InChI is InChI=1S/C13H18N4/c1-3-11-7-12(4-2)17(16-11)13-5-6-15-9-10(13)8-14/h5-7,9H,3-4,8,14H2,1-2H3. The van der Waals surface area contributed by atoms with Gasteiger partial charge in [-0.1, -0.05) is 13.8 Å². The minimum Gasteiger partial charge on any atom is -0.326 e. The van der Waals surface area contributed by atoms with Gasteiger partial charge in [-0.3, -0.25) is 4.98 Å². The molecule has 0 aliphatic rings. The zero-order valence-electron chi connectivity index (χ0n) is 10.3. The van der Waals surface area contributed by atoms with Gasteiger partial charge in [0.25, 0.3) is 0 Å². The molecule has 0 aliphatic heterocycles. The Morgan fingerprint density at radius 1 is 1.29 bits per heavy atom. The van der Waals surface area contributed by atoms with Gasteiger partial charge in [-0.05, 0) is 25.0 Å². The lowest BCUT2D eigenvalue weighted by Crippen LogP contribution is -2.08. The van der Waals surface area contributed by atoms with E-state index in [0.29, 0.717) is 6.54 Å². The molecule has 0 saturated carbocycles. The first-order valence-electron chi connectivity index (χ1n) is 6.01. The summed E-state index contributed by atoms with van der Waals surface area (Å²) in [4.78, 5) is 4.10. The molecule has 0 radical (unpaired) electrons. The normalized spacial score (nSPS) is 10.8. The number of nitrogens with two attached hydrogens (primary N) is 1. The third-order valence-electron chi connectivity index (χ3n) is 2.88. The molecule has 0 atom stereocenters. The Balaban J connectivity index is 2.54. The van der Waals surface area contributed by atoms with Crippen LogP contribution in [-0.2, 0) is 19.4 Å². The Hall–Kier alpha value is -1.68. The summed E-state index contributed by atoms with van der Waals surface area (Å²) in [7, 11) is 0. The number of nitrogens with zero attached hydrogens (tertiary/aromatic N) is 3. The Morgan fingerprint density at radius 2 is 2.12 bits per heavy atom. The molecule has 0 unspecified atom stereocenters. The molecule has 2 aromatic rings. The van der Waals surface area contributed by atoms with Gasteiger partial charge in [0.1, 0.15) is 0 Å².